The van der Waals surface area contributed by atoms with E-state index in [0.29, 0.717) is 24.5 Å². The molecular formula is C29H29ClN6O2. The van der Waals surface area contributed by atoms with Crippen molar-refractivity contribution in [2.24, 2.45) is 0 Å². The molecule has 0 spiro atoms. The van der Waals surface area contributed by atoms with Crippen LogP contribution in [-0.2, 0) is 9.59 Å². The second-order valence-electron chi connectivity index (χ2n) is 10.1. The fourth-order valence-corrected chi connectivity index (χ4v) is 5.92. The van der Waals surface area contributed by atoms with E-state index in [-0.39, 0.29) is 17.9 Å². The molecule has 2 fully saturated rings. The average molecular weight is 529 g/mol. The van der Waals surface area contributed by atoms with Gasteiger partial charge >= 0.3 is 0 Å². The number of benzene rings is 2. The van der Waals surface area contributed by atoms with Crippen LogP contribution in [0.25, 0.3) is 33.3 Å². The third-order valence-electron chi connectivity index (χ3n) is 7.86. The van der Waals surface area contributed by atoms with E-state index >= 15 is 0 Å². The summed E-state index contributed by atoms with van der Waals surface area (Å²) in [6, 6.07) is 10.2. The highest BCUT2D eigenvalue weighted by Crippen LogP contribution is 2.44. The van der Waals surface area contributed by atoms with E-state index in [1.807, 2.05) is 48.4 Å². The number of hydrogen-bond donors (Lipinski definition) is 1. The number of hydrogen-bond acceptors (Lipinski definition) is 4. The molecule has 2 saturated heterocycles. The zero-order valence-corrected chi connectivity index (χ0v) is 22.3. The van der Waals surface area contributed by atoms with Gasteiger partial charge in [-0.15, -0.1) is 0 Å². The lowest BCUT2D eigenvalue weighted by molar-refractivity contribution is -0.127. The van der Waals surface area contributed by atoms with Crippen molar-refractivity contribution in [3.63, 3.8) is 0 Å². The lowest BCUT2D eigenvalue weighted by Crippen LogP contribution is -2.43. The van der Waals surface area contributed by atoms with Gasteiger partial charge in [0.2, 0.25) is 11.8 Å². The van der Waals surface area contributed by atoms with Gasteiger partial charge in [-0.25, -0.2) is 0 Å². The summed E-state index contributed by atoms with van der Waals surface area (Å²) in [4.78, 5) is 27.7. The summed E-state index contributed by atoms with van der Waals surface area (Å²) in [6.07, 6.45) is 5.40. The Kier molecular flexibility index (Phi) is 6.07. The van der Waals surface area contributed by atoms with Crippen molar-refractivity contribution in [3.05, 3.63) is 65.5 Å². The maximum absolute atomic E-state index is 12.1. The molecule has 0 bridgehead atoms. The first-order valence-corrected chi connectivity index (χ1v) is 13.3. The smallest absolute Gasteiger partial charge is 0.245 e. The summed E-state index contributed by atoms with van der Waals surface area (Å²) in [5.41, 5.74) is 7.47. The van der Waals surface area contributed by atoms with E-state index in [2.05, 4.69) is 28.4 Å². The Morgan fingerprint density at radius 3 is 2.50 bits per heavy atom. The van der Waals surface area contributed by atoms with E-state index < -0.39 is 0 Å². The molecule has 0 radical (unpaired) electrons. The van der Waals surface area contributed by atoms with Crippen LogP contribution >= 0.6 is 11.6 Å². The van der Waals surface area contributed by atoms with Crippen LogP contribution in [0.2, 0.25) is 5.02 Å². The lowest BCUT2D eigenvalue weighted by atomic mass is 9.94. The van der Waals surface area contributed by atoms with Crippen molar-refractivity contribution in [2.45, 2.75) is 39.2 Å². The number of amides is 2. The molecule has 2 aliphatic heterocycles. The maximum Gasteiger partial charge on any atom is 0.245 e. The maximum atomic E-state index is 12.1. The molecule has 2 aliphatic rings. The van der Waals surface area contributed by atoms with Crippen LogP contribution < -0.4 is 4.90 Å². The number of piperidine rings is 1. The number of likely N-dealkylation sites (tertiary alicyclic amines) is 1. The van der Waals surface area contributed by atoms with Gasteiger partial charge in [-0.2, -0.15) is 10.2 Å². The van der Waals surface area contributed by atoms with Gasteiger partial charge in [-0.1, -0.05) is 30.3 Å². The SMILES string of the molecule is C=CC(=O)N1CCC(n2nc(-c3ccc(N4CCC4=O)cc3)c(-c3c(Cl)c(C)cc4[nH]ncc34)c2C)CC1. The molecule has 38 heavy (non-hydrogen) atoms. The van der Waals surface area contributed by atoms with Crippen molar-refractivity contribution >= 4 is 40.0 Å². The normalized spacial score (nSPS) is 16.2. The zero-order chi connectivity index (χ0) is 26.6. The molecular weight excluding hydrogens is 500 g/mol. The predicted molar refractivity (Wildman–Crippen MR) is 149 cm³/mol. The Labute approximate surface area is 225 Å². The van der Waals surface area contributed by atoms with E-state index in [1.165, 1.54) is 6.08 Å². The first-order chi connectivity index (χ1) is 18.4. The monoisotopic (exact) mass is 528 g/mol. The quantitative estimate of drug-likeness (QED) is 0.275. The van der Waals surface area contributed by atoms with Crippen molar-refractivity contribution in [3.8, 4) is 22.4 Å². The highest BCUT2D eigenvalue weighted by Gasteiger charge is 2.30. The number of halogens is 1. The Morgan fingerprint density at radius 2 is 1.87 bits per heavy atom. The largest absolute Gasteiger partial charge is 0.339 e. The third kappa shape index (κ3) is 3.91. The summed E-state index contributed by atoms with van der Waals surface area (Å²) in [5, 5.41) is 14.2. The van der Waals surface area contributed by atoms with Gasteiger partial charge < -0.3 is 9.80 Å². The Morgan fingerprint density at radius 1 is 1.13 bits per heavy atom. The molecule has 2 amide bonds. The number of aryl methyl sites for hydroxylation is 1. The number of rotatable bonds is 5. The van der Waals surface area contributed by atoms with Gasteiger partial charge in [0.15, 0.2) is 0 Å². The molecule has 2 aromatic carbocycles. The second kappa shape index (κ2) is 9.44. The van der Waals surface area contributed by atoms with Gasteiger partial charge in [0.1, 0.15) is 5.69 Å². The van der Waals surface area contributed by atoms with Gasteiger partial charge in [0.25, 0.3) is 0 Å². The molecule has 8 nitrogen and oxygen atoms in total. The van der Waals surface area contributed by atoms with Gasteiger partial charge in [-0.05, 0) is 56.5 Å². The Hall–Kier alpha value is -3.91. The van der Waals surface area contributed by atoms with Gasteiger partial charge in [-0.3, -0.25) is 19.4 Å². The fraction of sp³-hybridized carbons (Fsp3) is 0.310. The highest BCUT2D eigenvalue weighted by molar-refractivity contribution is 6.36. The first-order valence-electron chi connectivity index (χ1n) is 12.9. The number of aromatic amines is 1. The minimum absolute atomic E-state index is 0.0309. The summed E-state index contributed by atoms with van der Waals surface area (Å²) >= 11 is 6.99. The molecule has 4 aromatic rings. The van der Waals surface area contributed by atoms with Crippen molar-refractivity contribution in [2.75, 3.05) is 24.5 Å². The number of aromatic nitrogens is 4. The van der Waals surface area contributed by atoms with Crippen LogP contribution in [0.1, 0.15) is 36.6 Å². The fourth-order valence-electron chi connectivity index (χ4n) is 5.67. The number of fused-ring (bicyclic) bond motifs is 1. The molecule has 4 heterocycles. The van der Waals surface area contributed by atoms with E-state index in [4.69, 9.17) is 16.7 Å². The topological polar surface area (TPSA) is 87.1 Å². The third-order valence-corrected chi connectivity index (χ3v) is 8.35. The lowest BCUT2D eigenvalue weighted by Gasteiger charge is -2.32. The number of carbonyl (C=O) groups excluding carboxylic acids is 2. The highest BCUT2D eigenvalue weighted by atomic mass is 35.5. The summed E-state index contributed by atoms with van der Waals surface area (Å²) in [6.45, 7) is 9.78. The minimum Gasteiger partial charge on any atom is -0.339 e. The van der Waals surface area contributed by atoms with Crippen LogP contribution in [0.3, 0.4) is 0 Å². The van der Waals surface area contributed by atoms with E-state index in [1.54, 1.807) is 4.90 Å². The van der Waals surface area contributed by atoms with Crippen molar-refractivity contribution in [1.82, 2.24) is 24.9 Å². The molecule has 0 saturated carbocycles. The Balaban J connectivity index is 1.48. The molecule has 9 heteroatoms. The Bertz CT molecular complexity index is 1580. The van der Waals surface area contributed by atoms with Crippen LogP contribution in [0.4, 0.5) is 5.69 Å². The van der Waals surface area contributed by atoms with Gasteiger partial charge in [0, 0.05) is 59.5 Å². The average Bonchev–Trinajstić information content (AvgIpc) is 3.53. The summed E-state index contributed by atoms with van der Waals surface area (Å²) < 4.78 is 2.11. The number of carbonyl (C=O) groups is 2. The molecule has 2 aromatic heterocycles. The van der Waals surface area contributed by atoms with Crippen LogP contribution in [0.15, 0.2) is 49.2 Å². The zero-order valence-electron chi connectivity index (χ0n) is 21.5. The van der Waals surface area contributed by atoms with Crippen molar-refractivity contribution in [1.29, 1.82) is 0 Å². The molecule has 0 aliphatic carbocycles. The predicted octanol–water partition coefficient (Wildman–Crippen LogP) is 5.45. The molecule has 1 N–H and O–H groups in total. The van der Waals surface area contributed by atoms with Crippen LogP contribution in [-0.4, -0.2) is 56.3 Å². The van der Waals surface area contributed by atoms with Crippen molar-refractivity contribution < 1.29 is 9.59 Å². The summed E-state index contributed by atoms with van der Waals surface area (Å²) in [7, 11) is 0. The van der Waals surface area contributed by atoms with E-state index in [9.17, 15) is 9.59 Å². The van der Waals surface area contributed by atoms with Crippen LogP contribution in [0.5, 0.6) is 0 Å². The molecule has 194 valence electrons. The second-order valence-corrected chi connectivity index (χ2v) is 10.4. The minimum atomic E-state index is -0.0309. The summed E-state index contributed by atoms with van der Waals surface area (Å²) in [5.74, 6) is 0.116. The number of β-lactam (4-membered cyclic amide) rings is 1. The number of anilines is 1. The first kappa shape index (κ1) is 24.4. The standard InChI is InChI=1S/C29H29ClN6O2/c1-4-24(37)34-12-9-21(10-13-34)36-18(3)26(27-22-16-31-32-23(22)15-17(2)28(27)30)29(33-36)19-5-7-20(8-6-19)35-14-11-25(35)38/h4-8,15-16,21H,1,9-14H2,2-3H3,(H,31,32). The molecule has 0 atom stereocenters. The van der Waals surface area contributed by atoms with Crippen LogP contribution in [0, 0.1) is 13.8 Å². The number of H-pyrrole nitrogens is 1. The number of nitrogens with one attached hydrogen (secondary N) is 1. The molecule has 6 rings (SSSR count). The van der Waals surface area contributed by atoms with E-state index in [0.717, 1.165) is 69.6 Å². The number of nitrogens with zero attached hydrogens (tertiary/aromatic N) is 5. The molecule has 0 unspecified atom stereocenters. The van der Waals surface area contributed by atoms with Gasteiger partial charge in [0.05, 0.1) is 22.8 Å².